The Morgan fingerprint density at radius 3 is 2.64 bits per heavy atom. The third-order valence-corrected chi connectivity index (χ3v) is 6.46. The van der Waals surface area contributed by atoms with Gasteiger partial charge in [0.15, 0.2) is 0 Å². The first kappa shape index (κ1) is 19.1. The zero-order chi connectivity index (χ0) is 19.6. The van der Waals surface area contributed by atoms with Gasteiger partial charge in [0.2, 0.25) is 5.91 Å². The third kappa shape index (κ3) is 3.69. The normalized spacial score (nSPS) is 26.2. The number of nitrogens with zero attached hydrogens (tertiary/aromatic N) is 3. The van der Waals surface area contributed by atoms with Gasteiger partial charge in [0.05, 0.1) is 13.2 Å². The molecule has 2 aliphatic rings. The third-order valence-electron chi connectivity index (χ3n) is 6.46. The van der Waals surface area contributed by atoms with Crippen LogP contribution in [0.3, 0.4) is 0 Å². The van der Waals surface area contributed by atoms with Crippen molar-refractivity contribution in [1.82, 2.24) is 14.8 Å². The summed E-state index contributed by atoms with van der Waals surface area (Å²) < 4.78 is 0. The van der Waals surface area contributed by atoms with E-state index >= 15 is 0 Å². The number of fused-ring (bicyclic) bond motifs is 2. The standard InChI is InChI=1S/C23H29N3O2/c1-25(15-19-9-11-24-12-10-19)16-22(28)26-20-7-8-21(26)23(14-20,17-27)13-18-5-3-2-4-6-18/h2-6,9-12,20-21,27H,7-8,13-17H2,1H3/t20-,21+,23-/m0/s1. The van der Waals surface area contributed by atoms with Crippen molar-refractivity contribution in [2.24, 2.45) is 5.41 Å². The van der Waals surface area contributed by atoms with Crippen LogP contribution in [0.2, 0.25) is 0 Å². The van der Waals surface area contributed by atoms with Gasteiger partial charge >= 0.3 is 0 Å². The van der Waals surface area contributed by atoms with Gasteiger partial charge in [-0.2, -0.15) is 0 Å². The lowest BCUT2D eigenvalue weighted by atomic mass is 9.70. The Balaban J connectivity index is 1.44. The summed E-state index contributed by atoms with van der Waals surface area (Å²) in [5, 5.41) is 10.3. The largest absolute Gasteiger partial charge is 0.396 e. The Labute approximate surface area is 167 Å². The molecule has 0 spiro atoms. The molecule has 2 aliphatic heterocycles. The van der Waals surface area contributed by atoms with Gasteiger partial charge in [-0.15, -0.1) is 0 Å². The number of rotatable bonds is 7. The second kappa shape index (κ2) is 8.02. The highest BCUT2D eigenvalue weighted by Crippen LogP contribution is 2.51. The molecule has 1 aromatic heterocycles. The number of benzene rings is 1. The van der Waals surface area contributed by atoms with Crippen LogP contribution in [0.4, 0.5) is 0 Å². The minimum Gasteiger partial charge on any atom is -0.396 e. The summed E-state index contributed by atoms with van der Waals surface area (Å²) in [6.07, 6.45) is 7.36. The first-order valence-electron chi connectivity index (χ1n) is 10.1. The van der Waals surface area contributed by atoms with Crippen molar-refractivity contribution in [3.63, 3.8) is 0 Å². The molecular formula is C23H29N3O2. The zero-order valence-electron chi connectivity index (χ0n) is 16.5. The fraction of sp³-hybridized carbons (Fsp3) is 0.478. The Morgan fingerprint density at radius 2 is 1.93 bits per heavy atom. The molecule has 148 valence electrons. The highest BCUT2D eigenvalue weighted by atomic mass is 16.3. The van der Waals surface area contributed by atoms with Crippen molar-refractivity contribution in [3.05, 3.63) is 66.0 Å². The molecule has 5 heteroatoms. The number of hydrogen-bond donors (Lipinski definition) is 1. The molecule has 2 bridgehead atoms. The monoisotopic (exact) mass is 379 g/mol. The van der Waals surface area contributed by atoms with Gasteiger partial charge in [-0.05, 0) is 56.0 Å². The summed E-state index contributed by atoms with van der Waals surface area (Å²) in [4.78, 5) is 21.4. The van der Waals surface area contributed by atoms with E-state index in [0.29, 0.717) is 6.54 Å². The van der Waals surface area contributed by atoms with E-state index in [4.69, 9.17) is 0 Å². The second-order valence-corrected chi connectivity index (χ2v) is 8.46. The van der Waals surface area contributed by atoms with E-state index in [9.17, 15) is 9.90 Å². The smallest absolute Gasteiger partial charge is 0.237 e. The van der Waals surface area contributed by atoms with Crippen molar-refractivity contribution in [3.8, 4) is 0 Å². The maximum atomic E-state index is 13.2. The van der Waals surface area contributed by atoms with Gasteiger partial charge in [-0.25, -0.2) is 0 Å². The predicted molar refractivity (Wildman–Crippen MR) is 109 cm³/mol. The molecule has 2 saturated heterocycles. The fourth-order valence-electron chi connectivity index (χ4n) is 5.25. The van der Waals surface area contributed by atoms with Crippen LogP contribution < -0.4 is 0 Å². The first-order chi connectivity index (χ1) is 13.6. The topological polar surface area (TPSA) is 56.7 Å². The van der Waals surface area contributed by atoms with E-state index in [1.165, 1.54) is 5.56 Å². The number of aliphatic hydroxyl groups is 1. The van der Waals surface area contributed by atoms with Crippen LogP contribution in [-0.2, 0) is 17.8 Å². The van der Waals surface area contributed by atoms with Crippen LogP contribution in [0.25, 0.3) is 0 Å². The van der Waals surface area contributed by atoms with Gasteiger partial charge in [0.1, 0.15) is 0 Å². The van der Waals surface area contributed by atoms with Crippen LogP contribution in [-0.4, -0.2) is 58.1 Å². The van der Waals surface area contributed by atoms with E-state index in [2.05, 4.69) is 26.9 Å². The average molecular weight is 380 g/mol. The number of likely N-dealkylation sites (N-methyl/N-ethyl adjacent to an activating group) is 1. The fourth-order valence-corrected chi connectivity index (χ4v) is 5.25. The molecule has 5 nitrogen and oxygen atoms in total. The second-order valence-electron chi connectivity index (χ2n) is 8.46. The quantitative estimate of drug-likeness (QED) is 0.803. The van der Waals surface area contributed by atoms with Crippen molar-refractivity contribution >= 4 is 5.91 Å². The van der Waals surface area contributed by atoms with Crippen LogP contribution in [0.5, 0.6) is 0 Å². The van der Waals surface area contributed by atoms with E-state index in [1.54, 1.807) is 12.4 Å². The van der Waals surface area contributed by atoms with Gasteiger partial charge in [0.25, 0.3) is 0 Å². The molecule has 0 aliphatic carbocycles. The zero-order valence-corrected chi connectivity index (χ0v) is 16.5. The molecule has 3 heterocycles. The molecular weight excluding hydrogens is 350 g/mol. The lowest BCUT2D eigenvalue weighted by Crippen LogP contribution is -2.46. The van der Waals surface area contributed by atoms with Crippen LogP contribution >= 0.6 is 0 Å². The Hall–Kier alpha value is -2.24. The van der Waals surface area contributed by atoms with Crippen molar-refractivity contribution < 1.29 is 9.90 Å². The molecule has 1 amide bonds. The van der Waals surface area contributed by atoms with E-state index in [-0.39, 0.29) is 30.0 Å². The molecule has 2 fully saturated rings. The lowest BCUT2D eigenvalue weighted by molar-refractivity contribution is -0.134. The van der Waals surface area contributed by atoms with E-state index in [1.807, 2.05) is 37.4 Å². The van der Waals surface area contributed by atoms with Crippen LogP contribution in [0, 0.1) is 5.41 Å². The van der Waals surface area contributed by atoms with E-state index < -0.39 is 0 Å². The van der Waals surface area contributed by atoms with Gasteiger partial charge in [-0.3, -0.25) is 14.7 Å². The molecule has 4 rings (SSSR count). The summed E-state index contributed by atoms with van der Waals surface area (Å²) >= 11 is 0. The number of carbonyl (C=O) groups is 1. The Kier molecular flexibility index (Phi) is 5.47. The molecule has 0 unspecified atom stereocenters. The maximum absolute atomic E-state index is 13.2. The van der Waals surface area contributed by atoms with Gasteiger partial charge < -0.3 is 10.0 Å². The molecule has 3 atom stereocenters. The molecule has 2 aromatic rings. The van der Waals surface area contributed by atoms with Crippen LogP contribution in [0.1, 0.15) is 30.4 Å². The summed E-state index contributed by atoms with van der Waals surface area (Å²) in [5.41, 5.74) is 2.19. The summed E-state index contributed by atoms with van der Waals surface area (Å²) in [5.74, 6) is 0.187. The number of aliphatic hydroxyl groups excluding tert-OH is 1. The highest BCUT2D eigenvalue weighted by molar-refractivity contribution is 5.80. The number of pyridine rings is 1. The Bertz CT molecular complexity index is 798. The molecule has 0 radical (unpaired) electrons. The number of aromatic nitrogens is 1. The number of amides is 1. The Morgan fingerprint density at radius 1 is 1.18 bits per heavy atom. The lowest BCUT2D eigenvalue weighted by Gasteiger charge is -2.36. The molecule has 28 heavy (non-hydrogen) atoms. The summed E-state index contributed by atoms with van der Waals surface area (Å²) in [7, 11) is 1.99. The molecule has 1 N–H and O–H groups in total. The van der Waals surface area contributed by atoms with Crippen molar-refractivity contribution in [2.75, 3.05) is 20.2 Å². The summed E-state index contributed by atoms with van der Waals surface area (Å²) in [6.45, 7) is 1.27. The SMILES string of the molecule is CN(CC(=O)N1[C@H]2CC[C@@H]1[C@@](CO)(Cc1ccccc1)C2)Cc1ccncc1. The molecule has 0 saturated carbocycles. The number of hydrogen-bond acceptors (Lipinski definition) is 4. The molecule has 1 aromatic carbocycles. The van der Waals surface area contributed by atoms with Crippen LogP contribution in [0.15, 0.2) is 54.9 Å². The predicted octanol–water partition coefficient (Wildman–Crippen LogP) is 2.50. The average Bonchev–Trinajstić information content (AvgIpc) is 3.26. The highest BCUT2D eigenvalue weighted by Gasteiger charge is 2.56. The van der Waals surface area contributed by atoms with Crippen molar-refractivity contribution in [1.29, 1.82) is 0 Å². The van der Waals surface area contributed by atoms with Crippen molar-refractivity contribution in [2.45, 2.75) is 44.3 Å². The first-order valence-corrected chi connectivity index (χ1v) is 10.1. The minimum atomic E-state index is -0.205. The van der Waals surface area contributed by atoms with E-state index in [0.717, 1.165) is 37.8 Å². The number of carbonyl (C=O) groups excluding carboxylic acids is 1. The summed E-state index contributed by atoms with van der Waals surface area (Å²) in [6, 6.07) is 14.7. The van der Waals surface area contributed by atoms with Gasteiger partial charge in [0, 0.05) is 36.4 Å². The maximum Gasteiger partial charge on any atom is 0.237 e. The van der Waals surface area contributed by atoms with Gasteiger partial charge in [-0.1, -0.05) is 30.3 Å². The minimum absolute atomic E-state index is 0.139.